The minimum absolute atomic E-state index is 0.204. The van der Waals surface area contributed by atoms with Gasteiger partial charge in [0.2, 0.25) is 0 Å². The monoisotopic (exact) mass is 449 g/mol. The highest BCUT2D eigenvalue weighted by Crippen LogP contribution is 2.36. The summed E-state index contributed by atoms with van der Waals surface area (Å²) < 4.78 is 17.7. The molecule has 0 bridgehead atoms. The fourth-order valence-electron chi connectivity index (χ4n) is 3.65. The van der Waals surface area contributed by atoms with Crippen LogP contribution in [0.15, 0.2) is 17.6 Å². The molecule has 1 aromatic rings. The van der Waals surface area contributed by atoms with Crippen molar-refractivity contribution in [3.8, 4) is 0 Å². The van der Waals surface area contributed by atoms with E-state index in [1.165, 1.54) is 0 Å². The van der Waals surface area contributed by atoms with Crippen LogP contribution in [-0.2, 0) is 14.0 Å². The normalized spacial score (nSPS) is 23.1. The Morgan fingerprint density at radius 3 is 2.39 bits per heavy atom. The molecule has 172 valence electrons. The van der Waals surface area contributed by atoms with Crippen molar-refractivity contribution in [3.05, 3.63) is 12.4 Å². The lowest BCUT2D eigenvalue weighted by Gasteiger charge is -2.36. The fourth-order valence-corrected chi connectivity index (χ4v) is 4.48. The van der Waals surface area contributed by atoms with Crippen molar-refractivity contribution in [1.82, 2.24) is 14.9 Å². The molecule has 1 amide bonds. The molecular weight excluding hydrogens is 413 g/mol. The molecule has 1 atom stereocenters. The van der Waals surface area contributed by atoms with E-state index in [1.807, 2.05) is 53.4 Å². The number of hydrogen-bond acceptors (Lipinski definition) is 7. The highest BCUT2D eigenvalue weighted by molar-refractivity contribution is 7.99. The summed E-state index contributed by atoms with van der Waals surface area (Å²) in [5.74, 6) is 0.847. The number of piperidine rings is 1. The molecule has 31 heavy (non-hydrogen) atoms. The Bertz CT molecular complexity index is 751. The molecule has 0 aliphatic carbocycles. The minimum atomic E-state index is -0.472. The Labute approximate surface area is 191 Å². The number of carbonyl (C=O) groups is 1. The SMILES string of the molecule is CC(C)(C)OC(=O)N1CCCCC1CCSc1ncc(B2OC(C)(C)C(C)(C)O2)cn1. The average Bonchev–Trinajstić information content (AvgIpc) is 2.88. The number of nitrogens with zero attached hydrogens (tertiary/aromatic N) is 3. The van der Waals surface area contributed by atoms with Crippen molar-refractivity contribution in [1.29, 1.82) is 0 Å². The van der Waals surface area contributed by atoms with Crippen LogP contribution in [0.25, 0.3) is 0 Å². The first-order valence-corrected chi connectivity index (χ1v) is 12.2. The summed E-state index contributed by atoms with van der Waals surface area (Å²) in [5.41, 5.74) is -0.414. The average molecular weight is 449 g/mol. The van der Waals surface area contributed by atoms with E-state index in [-0.39, 0.29) is 23.3 Å². The molecule has 3 heterocycles. The van der Waals surface area contributed by atoms with E-state index in [9.17, 15) is 4.79 Å². The second-order valence-electron chi connectivity index (χ2n) is 10.3. The lowest BCUT2D eigenvalue weighted by atomic mass is 9.81. The van der Waals surface area contributed by atoms with Crippen molar-refractivity contribution in [2.24, 2.45) is 0 Å². The van der Waals surface area contributed by atoms with E-state index >= 15 is 0 Å². The van der Waals surface area contributed by atoms with Crippen LogP contribution in [0.2, 0.25) is 0 Å². The summed E-state index contributed by atoms with van der Waals surface area (Å²) in [6, 6.07) is 0.208. The second-order valence-corrected chi connectivity index (χ2v) is 11.4. The van der Waals surface area contributed by atoms with Gasteiger partial charge in [-0.3, -0.25) is 0 Å². The third-order valence-corrected chi connectivity index (χ3v) is 7.02. The van der Waals surface area contributed by atoms with Gasteiger partial charge in [0.1, 0.15) is 5.60 Å². The molecule has 0 radical (unpaired) electrons. The Kier molecular flexibility index (Phi) is 7.28. The van der Waals surface area contributed by atoms with E-state index in [0.717, 1.165) is 48.6 Å². The first kappa shape index (κ1) is 24.3. The number of amides is 1. The summed E-state index contributed by atoms with van der Waals surface area (Å²) in [5, 5.41) is 0.722. The van der Waals surface area contributed by atoms with Crippen LogP contribution in [0.3, 0.4) is 0 Å². The van der Waals surface area contributed by atoms with E-state index in [0.29, 0.717) is 0 Å². The van der Waals surface area contributed by atoms with Crippen LogP contribution < -0.4 is 5.46 Å². The third-order valence-electron chi connectivity index (χ3n) is 6.11. The Hall–Kier alpha value is -1.32. The summed E-state index contributed by atoms with van der Waals surface area (Å²) >= 11 is 1.61. The number of thioether (sulfide) groups is 1. The number of aromatic nitrogens is 2. The Balaban J connectivity index is 1.52. The van der Waals surface area contributed by atoms with Crippen molar-refractivity contribution < 1.29 is 18.8 Å². The maximum absolute atomic E-state index is 12.6. The molecule has 2 saturated heterocycles. The fraction of sp³-hybridized carbons (Fsp3) is 0.773. The third kappa shape index (κ3) is 6.14. The maximum Gasteiger partial charge on any atom is 0.498 e. The summed E-state index contributed by atoms with van der Waals surface area (Å²) in [6.07, 6.45) is 7.45. The molecule has 0 spiro atoms. The molecule has 1 unspecified atom stereocenters. The molecule has 0 N–H and O–H groups in total. The van der Waals surface area contributed by atoms with E-state index in [2.05, 4.69) is 9.97 Å². The van der Waals surface area contributed by atoms with E-state index in [1.54, 1.807) is 24.2 Å². The van der Waals surface area contributed by atoms with Gasteiger partial charge in [-0.15, -0.1) is 0 Å². The van der Waals surface area contributed by atoms with Crippen LogP contribution in [0.4, 0.5) is 4.79 Å². The number of ether oxygens (including phenoxy) is 1. The van der Waals surface area contributed by atoms with Crippen molar-refractivity contribution in [2.45, 2.75) is 102 Å². The lowest BCUT2D eigenvalue weighted by Crippen LogP contribution is -2.46. The topological polar surface area (TPSA) is 73.8 Å². The number of likely N-dealkylation sites (tertiary alicyclic amines) is 1. The molecule has 7 nitrogen and oxygen atoms in total. The van der Waals surface area contributed by atoms with Crippen LogP contribution in [-0.4, -0.2) is 63.2 Å². The molecular formula is C22H36BN3O4S. The van der Waals surface area contributed by atoms with Gasteiger partial charge < -0.3 is 18.9 Å². The largest absolute Gasteiger partial charge is 0.498 e. The molecule has 2 aliphatic heterocycles. The van der Waals surface area contributed by atoms with E-state index in [4.69, 9.17) is 14.0 Å². The molecule has 2 aliphatic rings. The predicted octanol–water partition coefficient (Wildman–Crippen LogP) is 4.05. The van der Waals surface area contributed by atoms with Gasteiger partial charge in [0.25, 0.3) is 0 Å². The van der Waals surface area contributed by atoms with Crippen molar-refractivity contribution in [3.63, 3.8) is 0 Å². The summed E-state index contributed by atoms with van der Waals surface area (Å²) in [6.45, 7) is 14.6. The molecule has 0 aromatic carbocycles. The van der Waals surface area contributed by atoms with Gasteiger partial charge >= 0.3 is 13.2 Å². The smallest absolute Gasteiger partial charge is 0.444 e. The van der Waals surface area contributed by atoms with Crippen molar-refractivity contribution >= 4 is 30.4 Å². The highest BCUT2D eigenvalue weighted by Gasteiger charge is 2.52. The molecule has 3 rings (SSSR count). The summed E-state index contributed by atoms with van der Waals surface area (Å²) in [4.78, 5) is 23.4. The van der Waals surface area contributed by atoms with Gasteiger partial charge in [0.05, 0.1) is 11.2 Å². The van der Waals surface area contributed by atoms with Gasteiger partial charge in [0.15, 0.2) is 5.16 Å². The lowest BCUT2D eigenvalue weighted by molar-refractivity contribution is 0.00578. The highest BCUT2D eigenvalue weighted by atomic mass is 32.2. The first-order valence-electron chi connectivity index (χ1n) is 11.2. The van der Waals surface area contributed by atoms with Gasteiger partial charge in [0, 0.05) is 36.2 Å². The standard InChI is InChI=1S/C22H36BN3O4S/c1-20(2,3)28-19(27)26-12-9-8-10-17(26)11-13-31-18-24-14-16(15-25-18)23-29-21(4,5)22(6,7)30-23/h14-15,17H,8-13H2,1-7H3. The van der Waals surface area contributed by atoms with Gasteiger partial charge in [-0.2, -0.15) is 0 Å². The quantitative estimate of drug-likeness (QED) is 0.382. The van der Waals surface area contributed by atoms with Crippen LogP contribution >= 0.6 is 11.8 Å². The number of hydrogen-bond donors (Lipinski definition) is 0. The van der Waals surface area contributed by atoms with Gasteiger partial charge in [-0.25, -0.2) is 14.8 Å². The molecule has 0 saturated carbocycles. The van der Waals surface area contributed by atoms with Gasteiger partial charge in [-0.05, 0) is 74.1 Å². The van der Waals surface area contributed by atoms with Crippen LogP contribution in [0.1, 0.15) is 74.1 Å². The van der Waals surface area contributed by atoms with Crippen molar-refractivity contribution in [2.75, 3.05) is 12.3 Å². The second kappa shape index (κ2) is 9.28. The zero-order valence-corrected chi connectivity index (χ0v) is 20.8. The number of carbonyl (C=O) groups excluding carboxylic acids is 1. The maximum atomic E-state index is 12.6. The molecule has 9 heteroatoms. The Morgan fingerprint density at radius 1 is 1.19 bits per heavy atom. The predicted molar refractivity (Wildman–Crippen MR) is 124 cm³/mol. The number of rotatable bonds is 5. The Morgan fingerprint density at radius 2 is 1.81 bits per heavy atom. The zero-order valence-electron chi connectivity index (χ0n) is 19.9. The minimum Gasteiger partial charge on any atom is -0.444 e. The van der Waals surface area contributed by atoms with E-state index < -0.39 is 12.7 Å². The first-order chi connectivity index (χ1) is 14.4. The van der Waals surface area contributed by atoms with Crippen LogP contribution in [0.5, 0.6) is 0 Å². The molecule has 1 aromatic heterocycles. The summed E-state index contributed by atoms with van der Waals surface area (Å²) in [7, 11) is -0.450. The van der Waals surface area contributed by atoms with Crippen LogP contribution in [0, 0.1) is 0 Å². The molecule has 2 fully saturated rings. The van der Waals surface area contributed by atoms with Gasteiger partial charge in [-0.1, -0.05) is 11.8 Å². The zero-order chi connectivity index (χ0) is 22.9.